The first-order valence-corrected chi connectivity index (χ1v) is 9.67. The molecule has 2 aliphatic carbocycles. The molecular formula is C22H35NO4. The van der Waals surface area contributed by atoms with Gasteiger partial charge in [0.1, 0.15) is 6.79 Å². The highest BCUT2D eigenvalue weighted by atomic mass is 16.7. The molecule has 1 amide bonds. The maximum atomic E-state index is 12.8. The predicted octanol–water partition coefficient (Wildman–Crippen LogP) is 3.22. The van der Waals surface area contributed by atoms with E-state index in [1.807, 2.05) is 20.8 Å². The second kappa shape index (κ2) is 8.72. The van der Waals surface area contributed by atoms with Gasteiger partial charge in [-0.05, 0) is 38.5 Å². The van der Waals surface area contributed by atoms with Crippen molar-refractivity contribution >= 4 is 5.91 Å². The Labute approximate surface area is 163 Å². The van der Waals surface area contributed by atoms with Crippen LogP contribution in [0.1, 0.15) is 40.5 Å². The first kappa shape index (κ1) is 21.9. The molecule has 0 fully saturated rings. The van der Waals surface area contributed by atoms with Crippen molar-refractivity contribution in [3.05, 3.63) is 36.0 Å². The summed E-state index contributed by atoms with van der Waals surface area (Å²) in [6.45, 7) is 12.9. The largest absolute Gasteiger partial charge is 0.392 e. The van der Waals surface area contributed by atoms with Crippen molar-refractivity contribution in [2.45, 2.75) is 46.6 Å². The monoisotopic (exact) mass is 377 g/mol. The van der Waals surface area contributed by atoms with Crippen molar-refractivity contribution in [1.82, 2.24) is 5.32 Å². The summed E-state index contributed by atoms with van der Waals surface area (Å²) in [6.07, 6.45) is 7.38. The van der Waals surface area contributed by atoms with Gasteiger partial charge < -0.3 is 19.9 Å². The summed E-state index contributed by atoms with van der Waals surface area (Å²) in [5.41, 5.74) is 1.11. The molecule has 0 spiro atoms. The number of allylic oxidation sites excluding steroid dienone is 2. The molecule has 4 atom stereocenters. The number of nitrogens with one attached hydrogen (secondary N) is 1. The van der Waals surface area contributed by atoms with Gasteiger partial charge in [0, 0.05) is 24.5 Å². The molecule has 2 rings (SSSR count). The number of rotatable bonds is 8. The average molecular weight is 378 g/mol. The van der Waals surface area contributed by atoms with Crippen LogP contribution in [0.15, 0.2) is 36.0 Å². The molecule has 0 aromatic rings. The Hall–Kier alpha value is -1.43. The number of ether oxygens (including phenoxy) is 2. The molecule has 0 aliphatic heterocycles. The highest BCUT2D eigenvalue weighted by Gasteiger charge is 2.50. The summed E-state index contributed by atoms with van der Waals surface area (Å²) in [5, 5.41) is 13.8. The molecule has 152 valence electrons. The molecule has 0 saturated carbocycles. The van der Waals surface area contributed by atoms with Crippen LogP contribution < -0.4 is 5.32 Å². The Morgan fingerprint density at radius 1 is 1.48 bits per heavy atom. The minimum absolute atomic E-state index is 0.0281. The molecule has 0 aromatic carbocycles. The number of carbonyl (C=O) groups excluding carboxylic acids is 1. The van der Waals surface area contributed by atoms with E-state index >= 15 is 0 Å². The second-order valence-electron chi connectivity index (χ2n) is 8.77. The van der Waals surface area contributed by atoms with Gasteiger partial charge in [0.25, 0.3) is 0 Å². The van der Waals surface area contributed by atoms with Crippen molar-refractivity contribution in [2.75, 3.05) is 27.1 Å². The third kappa shape index (κ3) is 4.71. The standard InChI is InChI=1S/C22H35NO4/c1-15(2)12-23-20(25)21(4,5)17-7-8-22(13-27-14-26-6)18(11-17)9-16(3)10-19(22)24/h7-9,17-19,24H,1,10-14H2,2-6H3,(H,23,25)/t17-,18+,19+,22+/m1/s1. The molecule has 0 saturated heterocycles. The molecule has 2 aliphatic rings. The lowest BCUT2D eigenvalue weighted by Crippen LogP contribution is -2.51. The van der Waals surface area contributed by atoms with Crippen molar-refractivity contribution in [1.29, 1.82) is 0 Å². The van der Waals surface area contributed by atoms with Gasteiger partial charge in [-0.15, -0.1) is 0 Å². The quantitative estimate of drug-likeness (QED) is 0.387. The van der Waals surface area contributed by atoms with Gasteiger partial charge >= 0.3 is 0 Å². The summed E-state index contributed by atoms with van der Waals surface area (Å²) in [6, 6.07) is 0. The molecular weight excluding hydrogens is 342 g/mol. The molecule has 0 radical (unpaired) electrons. The maximum absolute atomic E-state index is 12.8. The lowest BCUT2D eigenvalue weighted by atomic mass is 9.57. The van der Waals surface area contributed by atoms with E-state index in [9.17, 15) is 9.90 Å². The van der Waals surface area contributed by atoms with Gasteiger partial charge in [0.05, 0.1) is 12.7 Å². The van der Waals surface area contributed by atoms with E-state index < -0.39 is 16.9 Å². The number of aliphatic hydroxyl groups is 1. The van der Waals surface area contributed by atoms with Gasteiger partial charge in [-0.25, -0.2) is 0 Å². The Morgan fingerprint density at radius 3 is 2.81 bits per heavy atom. The highest BCUT2D eigenvalue weighted by Crippen LogP contribution is 2.51. The first-order chi connectivity index (χ1) is 12.6. The fraction of sp³-hybridized carbons (Fsp3) is 0.682. The number of hydrogen-bond acceptors (Lipinski definition) is 4. The van der Waals surface area contributed by atoms with Gasteiger partial charge in [0.15, 0.2) is 0 Å². The number of methoxy groups -OCH3 is 1. The molecule has 5 nitrogen and oxygen atoms in total. The number of aliphatic hydroxyl groups excluding tert-OH is 1. The van der Waals surface area contributed by atoms with Crippen LogP contribution in [0.3, 0.4) is 0 Å². The second-order valence-corrected chi connectivity index (χ2v) is 8.77. The van der Waals surface area contributed by atoms with Crippen LogP contribution in [-0.2, 0) is 14.3 Å². The zero-order valence-electron chi connectivity index (χ0n) is 17.4. The minimum Gasteiger partial charge on any atom is -0.392 e. The number of carbonyl (C=O) groups is 1. The summed E-state index contributed by atoms with van der Waals surface area (Å²) < 4.78 is 10.7. The lowest BCUT2D eigenvalue weighted by molar-refractivity contribution is -0.132. The van der Waals surface area contributed by atoms with Crippen molar-refractivity contribution in [3.8, 4) is 0 Å². The number of hydrogen-bond donors (Lipinski definition) is 2. The molecule has 27 heavy (non-hydrogen) atoms. The van der Waals surface area contributed by atoms with Crippen LogP contribution in [0.2, 0.25) is 0 Å². The summed E-state index contributed by atoms with van der Waals surface area (Å²) >= 11 is 0. The summed E-state index contributed by atoms with van der Waals surface area (Å²) in [4.78, 5) is 12.8. The smallest absolute Gasteiger partial charge is 0.226 e. The van der Waals surface area contributed by atoms with E-state index in [2.05, 4.69) is 37.0 Å². The summed E-state index contributed by atoms with van der Waals surface area (Å²) in [7, 11) is 1.59. The van der Waals surface area contributed by atoms with Gasteiger partial charge in [-0.1, -0.05) is 49.8 Å². The predicted molar refractivity (Wildman–Crippen MR) is 107 cm³/mol. The fourth-order valence-corrected chi connectivity index (χ4v) is 4.19. The Balaban J connectivity index is 2.24. The molecule has 0 bridgehead atoms. The van der Waals surface area contributed by atoms with E-state index in [0.717, 1.165) is 12.0 Å². The SMILES string of the molecule is C=C(C)CNC(=O)C(C)(C)[C@@H]1C=C[C@@]2(COCOC)[C@@H](O)CC(C)=C[C@H]2C1. The fourth-order valence-electron chi connectivity index (χ4n) is 4.19. The third-order valence-corrected chi connectivity index (χ3v) is 6.07. The first-order valence-electron chi connectivity index (χ1n) is 9.67. The van der Waals surface area contributed by atoms with Gasteiger partial charge in [-0.2, -0.15) is 0 Å². The van der Waals surface area contributed by atoms with E-state index in [4.69, 9.17) is 9.47 Å². The number of amides is 1. The van der Waals surface area contributed by atoms with Crippen LogP contribution in [0.25, 0.3) is 0 Å². The topological polar surface area (TPSA) is 67.8 Å². The maximum Gasteiger partial charge on any atom is 0.226 e. The van der Waals surface area contributed by atoms with Crippen molar-refractivity contribution in [3.63, 3.8) is 0 Å². The Bertz CT molecular complexity index is 622. The molecule has 5 heteroatoms. The lowest BCUT2D eigenvalue weighted by Gasteiger charge is -2.49. The minimum atomic E-state index is -0.546. The van der Waals surface area contributed by atoms with Crippen LogP contribution in [0, 0.1) is 22.7 Å². The zero-order chi connectivity index (χ0) is 20.2. The van der Waals surface area contributed by atoms with Crippen LogP contribution >= 0.6 is 0 Å². The summed E-state index contributed by atoms with van der Waals surface area (Å²) in [5.74, 6) is 0.235. The van der Waals surface area contributed by atoms with Crippen molar-refractivity contribution in [2.24, 2.45) is 22.7 Å². The molecule has 2 N–H and O–H groups in total. The third-order valence-electron chi connectivity index (χ3n) is 6.07. The Kier molecular flexibility index (Phi) is 7.06. The molecule has 0 unspecified atom stereocenters. The van der Waals surface area contributed by atoms with E-state index in [0.29, 0.717) is 19.6 Å². The van der Waals surface area contributed by atoms with Gasteiger partial charge in [-0.3, -0.25) is 4.79 Å². The normalized spacial score (nSPS) is 30.4. The zero-order valence-corrected chi connectivity index (χ0v) is 17.4. The molecule has 0 aromatic heterocycles. The number of fused-ring (bicyclic) bond motifs is 1. The highest BCUT2D eigenvalue weighted by molar-refractivity contribution is 5.82. The van der Waals surface area contributed by atoms with Crippen LogP contribution in [0.5, 0.6) is 0 Å². The van der Waals surface area contributed by atoms with E-state index in [1.54, 1.807) is 7.11 Å². The van der Waals surface area contributed by atoms with Crippen molar-refractivity contribution < 1.29 is 19.4 Å². The molecule has 0 heterocycles. The Morgan fingerprint density at radius 2 is 2.19 bits per heavy atom. The van der Waals surface area contributed by atoms with E-state index in [-0.39, 0.29) is 24.5 Å². The van der Waals surface area contributed by atoms with Crippen LogP contribution in [-0.4, -0.2) is 44.2 Å². The average Bonchev–Trinajstić information content (AvgIpc) is 2.59. The van der Waals surface area contributed by atoms with Gasteiger partial charge in [0.2, 0.25) is 5.91 Å². The van der Waals surface area contributed by atoms with E-state index in [1.165, 1.54) is 5.57 Å². The van der Waals surface area contributed by atoms with Crippen LogP contribution in [0.4, 0.5) is 0 Å².